The summed E-state index contributed by atoms with van der Waals surface area (Å²) >= 11 is 0. The van der Waals surface area contributed by atoms with Crippen molar-refractivity contribution in [1.82, 2.24) is 4.72 Å². The zero-order valence-electron chi connectivity index (χ0n) is 11.3. The third-order valence-electron chi connectivity index (χ3n) is 2.39. The number of amides is 1. The van der Waals surface area contributed by atoms with Gasteiger partial charge in [-0.2, -0.15) is 0 Å². The second-order valence-corrected chi connectivity index (χ2v) is 5.90. The Morgan fingerprint density at radius 1 is 1.35 bits per heavy atom. The summed E-state index contributed by atoms with van der Waals surface area (Å²) in [6.07, 6.45) is 0. The average molecular weight is 301 g/mol. The fraction of sp³-hybridized carbons (Fsp3) is 0.417. The number of hydrogen-bond acceptors (Lipinski definition) is 5. The first-order valence-corrected chi connectivity index (χ1v) is 7.79. The van der Waals surface area contributed by atoms with E-state index in [-0.39, 0.29) is 18.9 Å². The van der Waals surface area contributed by atoms with E-state index in [1.165, 1.54) is 0 Å². The number of hydrogen-bond donors (Lipinski definition) is 3. The predicted octanol–water partition coefficient (Wildman–Crippen LogP) is 0.163. The molecule has 0 heterocycles. The quantitative estimate of drug-likeness (QED) is 0.468. The van der Waals surface area contributed by atoms with Gasteiger partial charge in [0.05, 0.1) is 30.3 Å². The second kappa shape index (κ2) is 7.83. The van der Waals surface area contributed by atoms with Gasteiger partial charge in [-0.3, -0.25) is 4.79 Å². The zero-order valence-corrected chi connectivity index (χ0v) is 12.1. The number of sulfonamides is 1. The van der Waals surface area contributed by atoms with E-state index in [2.05, 4.69) is 10.0 Å². The molecule has 0 bridgehead atoms. The van der Waals surface area contributed by atoms with E-state index in [4.69, 9.17) is 10.5 Å². The number of benzene rings is 1. The van der Waals surface area contributed by atoms with Crippen molar-refractivity contribution in [2.75, 3.05) is 36.6 Å². The minimum absolute atomic E-state index is 0.0963. The summed E-state index contributed by atoms with van der Waals surface area (Å²) in [5.74, 6) is -0.662. The summed E-state index contributed by atoms with van der Waals surface area (Å²) in [5, 5.41) is 2.53. The van der Waals surface area contributed by atoms with Gasteiger partial charge in [0, 0.05) is 6.61 Å². The Bertz CT molecular complexity index is 545. The van der Waals surface area contributed by atoms with Crippen molar-refractivity contribution in [3.05, 3.63) is 24.3 Å². The Labute approximate surface area is 118 Å². The number of carbonyl (C=O) groups is 1. The molecule has 0 aliphatic carbocycles. The summed E-state index contributed by atoms with van der Waals surface area (Å²) in [5.41, 5.74) is 6.53. The van der Waals surface area contributed by atoms with Gasteiger partial charge in [-0.25, -0.2) is 13.1 Å². The third kappa shape index (κ3) is 6.00. The number of nitrogen functional groups attached to an aromatic ring is 1. The highest BCUT2D eigenvalue weighted by molar-refractivity contribution is 7.89. The molecule has 0 atom stereocenters. The Kier molecular flexibility index (Phi) is 6.43. The van der Waals surface area contributed by atoms with E-state index < -0.39 is 15.9 Å². The van der Waals surface area contributed by atoms with Crippen molar-refractivity contribution < 1.29 is 17.9 Å². The van der Waals surface area contributed by atoms with Gasteiger partial charge in [-0.1, -0.05) is 12.1 Å². The summed E-state index contributed by atoms with van der Waals surface area (Å²) < 4.78 is 30.2. The maximum Gasteiger partial charge on any atom is 0.239 e. The first-order chi connectivity index (χ1) is 9.44. The van der Waals surface area contributed by atoms with Crippen LogP contribution in [0.1, 0.15) is 6.92 Å². The van der Waals surface area contributed by atoms with Crippen molar-refractivity contribution in [2.24, 2.45) is 0 Å². The predicted molar refractivity (Wildman–Crippen MR) is 77.8 cm³/mol. The van der Waals surface area contributed by atoms with Crippen LogP contribution < -0.4 is 15.8 Å². The van der Waals surface area contributed by atoms with Gasteiger partial charge < -0.3 is 15.8 Å². The maximum absolute atomic E-state index is 11.6. The SMILES string of the molecule is CCOCCS(=O)(=O)NCC(=O)Nc1ccccc1N. The lowest BCUT2D eigenvalue weighted by Crippen LogP contribution is -2.35. The Balaban J connectivity index is 2.42. The highest BCUT2D eigenvalue weighted by atomic mass is 32.2. The lowest BCUT2D eigenvalue weighted by Gasteiger charge is -2.09. The monoisotopic (exact) mass is 301 g/mol. The molecule has 8 heteroatoms. The third-order valence-corrected chi connectivity index (χ3v) is 3.68. The molecule has 0 unspecified atom stereocenters. The number of anilines is 2. The molecule has 20 heavy (non-hydrogen) atoms. The maximum atomic E-state index is 11.6. The van der Waals surface area contributed by atoms with E-state index in [0.717, 1.165) is 0 Å². The number of nitrogens with one attached hydrogen (secondary N) is 2. The van der Waals surface area contributed by atoms with Crippen LogP contribution in [0.15, 0.2) is 24.3 Å². The number of nitrogens with two attached hydrogens (primary N) is 1. The number of para-hydroxylation sites is 2. The summed E-state index contributed by atoms with van der Waals surface area (Å²) in [7, 11) is -3.52. The molecule has 4 N–H and O–H groups in total. The molecule has 112 valence electrons. The van der Waals surface area contributed by atoms with Crippen LogP contribution in [0, 0.1) is 0 Å². The van der Waals surface area contributed by atoms with Crippen LogP contribution in [0.2, 0.25) is 0 Å². The first kappa shape index (κ1) is 16.4. The number of ether oxygens (including phenoxy) is 1. The van der Waals surface area contributed by atoms with E-state index in [0.29, 0.717) is 18.0 Å². The molecule has 0 radical (unpaired) electrons. The minimum Gasteiger partial charge on any atom is -0.397 e. The summed E-state index contributed by atoms with van der Waals surface area (Å²) in [6, 6.07) is 6.73. The van der Waals surface area contributed by atoms with Crippen molar-refractivity contribution in [3.8, 4) is 0 Å². The van der Waals surface area contributed by atoms with Crippen LogP contribution >= 0.6 is 0 Å². The second-order valence-electron chi connectivity index (χ2n) is 3.97. The fourth-order valence-electron chi connectivity index (χ4n) is 1.37. The van der Waals surface area contributed by atoms with Gasteiger partial charge in [0.1, 0.15) is 0 Å². The van der Waals surface area contributed by atoms with Gasteiger partial charge in [0.15, 0.2) is 0 Å². The summed E-state index contributed by atoms with van der Waals surface area (Å²) in [6.45, 7) is 1.98. The van der Waals surface area contributed by atoms with E-state index >= 15 is 0 Å². The van der Waals surface area contributed by atoms with Crippen LogP contribution in [-0.2, 0) is 19.6 Å². The van der Waals surface area contributed by atoms with Crippen molar-refractivity contribution in [1.29, 1.82) is 0 Å². The normalized spacial score (nSPS) is 11.2. The van der Waals surface area contributed by atoms with Crippen LogP contribution in [0.3, 0.4) is 0 Å². The molecule has 0 fully saturated rings. The van der Waals surface area contributed by atoms with Crippen LogP contribution in [0.4, 0.5) is 11.4 Å². The highest BCUT2D eigenvalue weighted by Gasteiger charge is 2.12. The lowest BCUT2D eigenvalue weighted by molar-refractivity contribution is -0.115. The molecule has 0 spiro atoms. The highest BCUT2D eigenvalue weighted by Crippen LogP contribution is 2.16. The molecule has 0 aromatic heterocycles. The molecule has 0 saturated carbocycles. The molecule has 1 rings (SSSR count). The van der Waals surface area contributed by atoms with Crippen LogP contribution in [-0.4, -0.2) is 39.8 Å². The summed E-state index contributed by atoms with van der Waals surface area (Å²) in [4.78, 5) is 11.6. The molecule has 1 aromatic rings. The molecule has 1 aromatic carbocycles. The van der Waals surface area contributed by atoms with Crippen LogP contribution in [0.25, 0.3) is 0 Å². The topological polar surface area (TPSA) is 111 Å². The van der Waals surface area contributed by atoms with Crippen LogP contribution in [0.5, 0.6) is 0 Å². The van der Waals surface area contributed by atoms with Gasteiger partial charge in [-0.15, -0.1) is 0 Å². The molecule has 0 aliphatic heterocycles. The van der Waals surface area contributed by atoms with E-state index in [1.807, 2.05) is 0 Å². The standard InChI is InChI=1S/C12H19N3O4S/c1-2-19-7-8-20(17,18)14-9-12(16)15-11-6-4-3-5-10(11)13/h3-6,14H,2,7-9,13H2,1H3,(H,15,16). The molecular formula is C12H19N3O4S. The Morgan fingerprint density at radius 3 is 2.70 bits per heavy atom. The van der Waals surface area contributed by atoms with Gasteiger partial charge in [-0.05, 0) is 19.1 Å². The molecule has 0 aliphatic rings. The lowest BCUT2D eigenvalue weighted by atomic mass is 10.2. The smallest absolute Gasteiger partial charge is 0.239 e. The minimum atomic E-state index is -3.52. The number of carbonyl (C=O) groups excluding carboxylic acids is 1. The van der Waals surface area contributed by atoms with Crippen molar-refractivity contribution >= 4 is 27.3 Å². The van der Waals surface area contributed by atoms with Gasteiger partial charge >= 0.3 is 0 Å². The Hall–Kier alpha value is -1.64. The largest absolute Gasteiger partial charge is 0.397 e. The van der Waals surface area contributed by atoms with Crippen molar-refractivity contribution in [3.63, 3.8) is 0 Å². The number of rotatable bonds is 8. The molecular weight excluding hydrogens is 282 g/mol. The zero-order chi connectivity index (χ0) is 15.0. The van der Waals surface area contributed by atoms with E-state index in [9.17, 15) is 13.2 Å². The van der Waals surface area contributed by atoms with Crippen molar-refractivity contribution in [2.45, 2.75) is 6.92 Å². The Morgan fingerprint density at radius 2 is 2.05 bits per heavy atom. The van der Waals surface area contributed by atoms with Gasteiger partial charge in [0.25, 0.3) is 0 Å². The first-order valence-electron chi connectivity index (χ1n) is 6.14. The molecule has 7 nitrogen and oxygen atoms in total. The average Bonchev–Trinajstić information content (AvgIpc) is 2.40. The molecule has 0 saturated heterocycles. The molecule has 1 amide bonds. The fourth-order valence-corrected chi connectivity index (χ4v) is 2.20. The van der Waals surface area contributed by atoms with E-state index in [1.54, 1.807) is 31.2 Å². The van der Waals surface area contributed by atoms with Gasteiger partial charge in [0.2, 0.25) is 15.9 Å².